The van der Waals surface area contributed by atoms with Gasteiger partial charge in [-0.3, -0.25) is 4.98 Å². The first-order valence-corrected chi connectivity index (χ1v) is 7.43. The summed E-state index contributed by atoms with van der Waals surface area (Å²) in [6.07, 6.45) is 6.38. The van der Waals surface area contributed by atoms with Gasteiger partial charge in [0.15, 0.2) is 0 Å². The Kier molecular flexibility index (Phi) is 3.23. The third kappa shape index (κ3) is 2.38. The number of hydrogen-bond acceptors (Lipinski definition) is 4. The second kappa shape index (κ2) is 5.42. The van der Waals surface area contributed by atoms with E-state index in [1.54, 1.807) is 18.5 Å². The number of anilines is 1. The van der Waals surface area contributed by atoms with Gasteiger partial charge in [-0.2, -0.15) is 0 Å². The van der Waals surface area contributed by atoms with Crippen LogP contribution in [0.5, 0.6) is 0 Å². The Hall–Kier alpha value is -3.28. The molecule has 0 fully saturated rings. The zero-order valence-electron chi connectivity index (χ0n) is 12.9. The fourth-order valence-electron chi connectivity index (χ4n) is 2.89. The summed E-state index contributed by atoms with van der Waals surface area (Å²) in [7, 11) is 0. The number of halogens is 1. The van der Waals surface area contributed by atoms with Gasteiger partial charge >= 0.3 is 0 Å². The fraction of sp³-hybridized carbons (Fsp3) is 0.0556. The lowest BCUT2D eigenvalue weighted by Crippen LogP contribution is -1.91. The minimum atomic E-state index is -0.375. The van der Waals surface area contributed by atoms with Gasteiger partial charge in [-0.25, -0.2) is 14.4 Å². The highest BCUT2D eigenvalue weighted by molar-refractivity contribution is 6.04. The molecule has 24 heavy (non-hydrogen) atoms. The fourth-order valence-corrected chi connectivity index (χ4v) is 2.89. The highest BCUT2D eigenvalue weighted by Gasteiger charge is 2.15. The summed E-state index contributed by atoms with van der Waals surface area (Å²) in [6.45, 7) is 1.90. The number of pyridine rings is 3. The molecule has 0 atom stereocenters. The van der Waals surface area contributed by atoms with E-state index in [0.717, 1.165) is 33.4 Å². The predicted molar refractivity (Wildman–Crippen MR) is 91.7 cm³/mol. The Bertz CT molecular complexity index is 1050. The molecule has 0 radical (unpaired) electrons. The number of H-pyrrole nitrogens is 1. The highest BCUT2D eigenvalue weighted by Crippen LogP contribution is 2.36. The topological polar surface area (TPSA) is 80.5 Å². The van der Waals surface area contributed by atoms with Gasteiger partial charge in [0.1, 0.15) is 17.3 Å². The molecule has 5 nitrogen and oxygen atoms in total. The molecule has 0 unspecified atom stereocenters. The summed E-state index contributed by atoms with van der Waals surface area (Å²) in [5, 5.41) is 0.901. The van der Waals surface area contributed by atoms with Crippen molar-refractivity contribution in [2.24, 2.45) is 0 Å². The second-order valence-electron chi connectivity index (χ2n) is 5.60. The van der Waals surface area contributed by atoms with Crippen LogP contribution in [-0.4, -0.2) is 19.9 Å². The van der Waals surface area contributed by atoms with Crippen molar-refractivity contribution in [2.45, 2.75) is 6.92 Å². The summed E-state index contributed by atoms with van der Waals surface area (Å²) in [6, 6.07) is 7.09. The van der Waals surface area contributed by atoms with E-state index >= 15 is 0 Å². The van der Waals surface area contributed by atoms with Crippen molar-refractivity contribution in [3.05, 3.63) is 60.6 Å². The van der Waals surface area contributed by atoms with E-state index < -0.39 is 0 Å². The Morgan fingerprint density at radius 2 is 1.96 bits per heavy atom. The van der Waals surface area contributed by atoms with E-state index in [4.69, 9.17) is 5.73 Å². The van der Waals surface area contributed by atoms with Crippen LogP contribution in [0.4, 0.5) is 10.2 Å². The number of hydrogen-bond donors (Lipinski definition) is 2. The molecule has 0 aliphatic carbocycles. The number of nitrogens with two attached hydrogens (primary N) is 1. The Balaban J connectivity index is 2.04. The molecular weight excluding hydrogens is 305 g/mol. The molecule has 0 aliphatic heterocycles. The quantitative estimate of drug-likeness (QED) is 0.590. The van der Waals surface area contributed by atoms with Crippen LogP contribution < -0.4 is 5.73 Å². The molecule has 4 rings (SSSR count). The van der Waals surface area contributed by atoms with Gasteiger partial charge in [-0.05, 0) is 42.3 Å². The maximum atomic E-state index is 13.6. The Labute approximate surface area is 137 Å². The number of nitrogens with zero attached hydrogens (tertiary/aromatic N) is 3. The van der Waals surface area contributed by atoms with Crippen LogP contribution in [0.1, 0.15) is 5.69 Å². The Morgan fingerprint density at radius 3 is 2.75 bits per heavy atom. The molecule has 6 heteroatoms. The van der Waals surface area contributed by atoms with E-state index in [2.05, 4.69) is 19.9 Å². The van der Waals surface area contributed by atoms with Gasteiger partial charge < -0.3 is 10.7 Å². The molecule has 0 saturated carbocycles. The zero-order chi connectivity index (χ0) is 16.7. The lowest BCUT2D eigenvalue weighted by Gasteiger charge is -2.08. The van der Waals surface area contributed by atoms with Crippen LogP contribution in [0, 0.1) is 12.7 Å². The number of rotatable bonds is 2. The van der Waals surface area contributed by atoms with Crippen molar-refractivity contribution >= 4 is 16.9 Å². The molecule has 0 spiro atoms. The Morgan fingerprint density at radius 1 is 1.08 bits per heavy atom. The molecule has 0 aliphatic rings. The number of nitrogens with one attached hydrogen (secondary N) is 1. The van der Waals surface area contributed by atoms with E-state index in [1.165, 1.54) is 12.3 Å². The van der Waals surface area contributed by atoms with Crippen molar-refractivity contribution in [3.63, 3.8) is 0 Å². The molecule has 0 aromatic carbocycles. The molecule has 118 valence electrons. The van der Waals surface area contributed by atoms with Gasteiger partial charge in [-0.1, -0.05) is 0 Å². The maximum absolute atomic E-state index is 13.6. The number of nitrogen functional groups attached to an aromatic ring is 1. The number of aromatic amines is 1. The lowest BCUT2D eigenvalue weighted by molar-refractivity contribution is 0.622. The van der Waals surface area contributed by atoms with E-state index in [1.807, 2.05) is 25.3 Å². The zero-order valence-corrected chi connectivity index (χ0v) is 12.9. The summed E-state index contributed by atoms with van der Waals surface area (Å²) in [5.74, 6) is 0.0660. The average molecular weight is 319 g/mol. The van der Waals surface area contributed by atoms with E-state index in [0.29, 0.717) is 11.4 Å². The van der Waals surface area contributed by atoms with Crippen molar-refractivity contribution < 1.29 is 4.39 Å². The number of aromatic nitrogens is 4. The first-order valence-electron chi connectivity index (χ1n) is 7.43. The predicted octanol–water partition coefficient (Wildman–Crippen LogP) is 3.72. The van der Waals surface area contributed by atoms with Crippen LogP contribution in [0.25, 0.3) is 33.3 Å². The number of fused-ring (bicyclic) bond motifs is 1. The highest BCUT2D eigenvalue weighted by atomic mass is 19.1. The minimum Gasteiger partial charge on any atom is -0.384 e. The molecule has 4 heterocycles. The van der Waals surface area contributed by atoms with Gasteiger partial charge in [-0.15, -0.1) is 0 Å². The van der Waals surface area contributed by atoms with Crippen LogP contribution in [0.2, 0.25) is 0 Å². The minimum absolute atomic E-state index is 0.375. The molecule has 0 bridgehead atoms. The largest absolute Gasteiger partial charge is 0.384 e. The SMILES string of the molecule is Cc1cc(-c2cncc(F)c2)c2c(-c3ccnc(N)c3)c[nH]c2n1. The normalized spacial score (nSPS) is 11.1. The molecule has 0 amide bonds. The van der Waals surface area contributed by atoms with Crippen LogP contribution in [0.3, 0.4) is 0 Å². The summed E-state index contributed by atoms with van der Waals surface area (Å²) < 4.78 is 13.6. The molecular formula is C18H14FN5. The summed E-state index contributed by atoms with van der Waals surface area (Å²) >= 11 is 0. The average Bonchev–Trinajstić information content (AvgIpc) is 2.97. The first-order chi connectivity index (χ1) is 11.6. The standard InChI is InChI=1S/C18H14FN5/c1-10-4-14(12-5-13(19)8-21-7-12)17-15(9-23-18(17)24-10)11-2-3-22-16(20)6-11/h2-9H,1H3,(H2,20,22)(H,23,24). The van der Waals surface area contributed by atoms with Gasteiger partial charge in [0, 0.05) is 40.8 Å². The van der Waals surface area contributed by atoms with Gasteiger partial charge in [0.2, 0.25) is 0 Å². The smallest absolute Gasteiger partial charge is 0.142 e. The third-order valence-electron chi connectivity index (χ3n) is 3.88. The van der Waals surface area contributed by atoms with Crippen LogP contribution in [0.15, 0.2) is 49.1 Å². The van der Waals surface area contributed by atoms with Crippen LogP contribution >= 0.6 is 0 Å². The van der Waals surface area contributed by atoms with Crippen molar-refractivity contribution in [1.29, 1.82) is 0 Å². The van der Waals surface area contributed by atoms with E-state index in [9.17, 15) is 4.39 Å². The monoisotopic (exact) mass is 319 g/mol. The first kappa shape index (κ1) is 14.3. The lowest BCUT2D eigenvalue weighted by atomic mass is 9.98. The molecule has 4 aromatic rings. The third-order valence-corrected chi connectivity index (χ3v) is 3.88. The van der Waals surface area contributed by atoms with E-state index in [-0.39, 0.29) is 5.82 Å². The van der Waals surface area contributed by atoms with Gasteiger partial charge in [0.25, 0.3) is 0 Å². The second-order valence-corrected chi connectivity index (χ2v) is 5.60. The molecule has 0 saturated heterocycles. The summed E-state index contributed by atoms with van der Waals surface area (Å²) in [4.78, 5) is 15.7. The summed E-state index contributed by atoms with van der Waals surface area (Å²) in [5.41, 5.74) is 10.8. The van der Waals surface area contributed by atoms with Crippen LogP contribution in [-0.2, 0) is 0 Å². The maximum Gasteiger partial charge on any atom is 0.142 e. The molecule has 3 N–H and O–H groups in total. The molecule has 4 aromatic heterocycles. The van der Waals surface area contributed by atoms with Crippen molar-refractivity contribution in [1.82, 2.24) is 19.9 Å². The van der Waals surface area contributed by atoms with Crippen molar-refractivity contribution in [2.75, 3.05) is 5.73 Å². The number of aryl methyl sites for hydroxylation is 1. The van der Waals surface area contributed by atoms with Gasteiger partial charge in [0.05, 0.1) is 6.20 Å². The van der Waals surface area contributed by atoms with Crippen molar-refractivity contribution in [3.8, 4) is 22.3 Å².